The fourth-order valence-electron chi connectivity index (χ4n) is 3.34. The van der Waals surface area contributed by atoms with Crippen LogP contribution in [-0.2, 0) is 4.79 Å². The van der Waals surface area contributed by atoms with Crippen molar-refractivity contribution in [2.75, 3.05) is 16.8 Å². The number of thiocarbonyl (C=S) groups is 1. The quantitative estimate of drug-likeness (QED) is 0.782. The molecule has 0 unspecified atom stereocenters. The van der Waals surface area contributed by atoms with E-state index in [1.807, 2.05) is 29.2 Å². The summed E-state index contributed by atoms with van der Waals surface area (Å²) in [4.78, 5) is 13.8. The number of anilines is 2. The summed E-state index contributed by atoms with van der Waals surface area (Å²) in [5.41, 5.74) is 5.52. The van der Waals surface area contributed by atoms with Crippen molar-refractivity contribution in [1.82, 2.24) is 5.32 Å². The van der Waals surface area contributed by atoms with Gasteiger partial charge in [0.25, 0.3) is 0 Å². The van der Waals surface area contributed by atoms with Crippen molar-refractivity contribution in [3.05, 3.63) is 59.2 Å². The Morgan fingerprint density at radius 3 is 2.73 bits per heavy atom. The molecular formula is C21H25N3OS. The predicted octanol–water partition coefficient (Wildman–Crippen LogP) is 4.48. The second-order valence-corrected chi connectivity index (χ2v) is 7.29. The van der Waals surface area contributed by atoms with E-state index in [1.165, 1.54) is 16.7 Å². The lowest BCUT2D eigenvalue weighted by molar-refractivity contribution is -0.117. The molecule has 4 nitrogen and oxygen atoms in total. The van der Waals surface area contributed by atoms with Gasteiger partial charge in [0.2, 0.25) is 5.91 Å². The summed E-state index contributed by atoms with van der Waals surface area (Å²) in [5.74, 6) is 0.186. The second-order valence-electron chi connectivity index (χ2n) is 6.88. The summed E-state index contributed by atoms with van der Waals surface area (Å²) in [7, 11) is 0. The van der Waals surface area contributed by atoms with Gasteiger partial charge in [-0.25, -0.2) is 0 Å². The van der Waals surface area contributed by atoms with E-state index in [-0.39, 0.29) is 11.9 Å². The summed E-state index contributed by atoms with van der Waals surface area (Å²) in [6.45, 7) is 7.10. The molecule has 1 aliphatic heterocycles. The molecule has 26 heavy (non-hydrogen) atoms. The van der Waals surface area contributed by atoms with E-state index in [0.29, 0.717) is 11.5 Å². The van der Waals surface area contributed by atoms with Crippen LogP contribution in [0.3, 0.4) is 0 Å². The highest BCUT2D eigenvalue weighted by molar-refractivity contribution is 7.80. The minimum absolute atomic E-state index is 0.109. The molecule has 1 saturated heterocycles. The van der Waals surface area contributed by atoms with E-state index in [1.54, 1.807) is 0 Å². The lowest BCUT2D eigenvalue weighted by Gasteiger charge is -2.21. The van der Waals surface area contributed by atoms with Crippen molar-refractivity contribution >= 4 is 34.6 Å². The maximum atomic E-state index is 11.9. The van der Waals surface area contributed by atoms with Crippen LogP contribution in [0.2, 0.25) is 0 Å². The molecule has 1 amide bonds. The molecule has 1 atom stereocenters. The first kappa shape index (κ1) is 18.4. The monoisotopic (exact) mass is 367 g/mol. The molecule has 0 radical (unpaired) electrons. The van der Waals surface area contributed by atoms with Crippen molar-refractivity contribution < 1.29 is 4.79 Å². The number of nitrogens with one attached hydrogen (secondary N) is 2. The number of rotatable bonds is 4. The lowest BCUT2D eigenvalue weighted by Crippen LogP contribution is -2.31. The third-order valence-electron chi connectivity index (χ3n) is 4.74. The van der Waals surface area contributed by atoms with E-state index in [2.05, 4.69) is 49.6 Å². The highest BCUT2D eigenvalue weighted by Gasteiger charge is 2.21. The molecule has 0 aliphatic carbocycles. The molecule has 0 bridgehead atoms. The Balaban J connectivity index is 1.66. The van der Waals surface area contributed by atoms with Crippen LogP contribution in [0.4, 0.5) is 11.4 Å². The van der Waals surface area contributed by atoms with Gasteiger partial charge in [0.1, 0.15) is 0 Å². The minimum atomic E-state index is 0.109. The Morgan fingerprint density at radius 2 is 2.00 bits per heavy atom. The maximum absolute atomic E-state index is 11.9. The fraction of sp³-hybridized carbons (Fsp3) is 0.333. The Kier molecular flexibility index (Phi) is 5.57. The van der Waals surface area contributed by atoms with E-state index >= 15 is 0 Å². The summed E-state index contributed by atoms with van der Waals surface area (Å²) in [6, 6.07) is 14.4. The van der Waals surface area contributed by atoms with Gasteiger partial charge in [-0.15, -0.1) is 0 Å². The van der Waals surface area contributed by atoms with Gasteiger partial charge in [0, 0.05) is 24.3 Å². The number of carbonyl (C=O) groups excluding carboxylic acids is 1. The topological polar surface area (TPSA) is 44.4 Å². The van der Waals surface area contributed by atoms with Gasteiger partial charge in [0.15, 0.2) is 5.11 Å². The number of carbonyl (C=O) groups is 1. The fourth-order valence-corrected chi connectivity index (χ4v) is 3.64. The van der Waals surface area contributed by atoms with Crippen LogP contribution in [0.25, 0.3) is 0 Å². The van der Waals surface area contributed by atoms with Gasteiger partial charge in [-0.2, -0.15) is 0 Å². The van der Waals surface area contributed by atoms with E-state index in [4.69, 9.17) is 12.2 Å². The Labute approximate surface area is 160 Å². The Hall–Kier alpha value is -2.40. The first-order valence-electron chi connectivity index (χ1n) is 8.99. The van der Waals surface area contributed by atoms with Crippen LogP contribution in [0.1, 0.15) is 42.5 Å². The molecular weight excluding hydrogens is 342 g/mol. The third kappa shape index (κ3) is 4.22. The molecule has 3 rings (SSSR count). The molecule has 0 aromatic heterocycles. The average Bonchev–Trinajstić information content (AvgIpc) is 3.03. The third-order valence-corrected chi connectivity index (χ3v) is 4.96. The number of benzene rings is 2. The van der Waals surface area contributed by atoms with Crippen LogP contribution in [-0.4, -0.2) is 17.6 Å². The van der Waals surface area contributed by atoms with Gasteiger partial charge >= 0.3 is 0 Å². The first-order valence-corrected chi connectivity index (χ1v) is 9.40. The number of aryl methyl sites for hydroxylation is 2. The van der Waals surface area contributed by atoms with Crippen molar-refractivity contribution in [2.24, 2.45) is 0 Å². The predicted molar refractivity (Wildman–Crippen MR) is 112 cm³/mol. The zero-order valence-corrected chi connectivity index (χ0v) is 16.3. The molecule has 136 valence electrons. The van der Waals surface area contributed by atoms with Crippen LogP contribution in [0.5, 0.6) is 0 Å². The molecule has 2 aromatic carbocycles. The molecule has 2 N–H and O–H groups in total. The van der Waals surface area contributed by atoms with Crippen LogP contribution < -0.4 is 15.5 Å². The van der Waals surface area contributed by atoms with Gasteiger partial charge in [0.05, 0.1) is 6.04 Å². The normalized spacial score (nSPS) is 15.0. The lowest BCUT2D eigenvalue weighted by atomic mass is 10.0. The van der Waals surface area contributed by atoms with Crippen molar-refractivity contribution in [3.63, 3.8) is 0 Å². The first-order chi connectivity index (χ1) is 12.4. The number of nitrogens with zero attached hydrogens (tertiary/aromatic N) is 1. The number of amides is 1. The zero-order chi connectivity index (χ0) is 18.7. The van der Waals surface area contributed by atoms with Crippen molar-refractivity contribution in [3.8, 4) is 0 Å². The van der Waals surface area contributed by atoms with E-state index in [0.717, 1.165) is 24.3 Å². The average molecular weight is 368 g/mol. The van der Waals surface area contributed by atoms with Crippen LogP contribution in [0.15, 0.2) is 42.5 Å². The number of hydrogen-bond acceptors (Lipinski definition) is 2. The van der Waals surface area contributed by atoms with Gasteiger partial charge in [-0.3, -0.25) is 4.79 Å². The maximum Gasteiger partial charge on any atom is 0.227 e. The summed E-state index contributed by atoms with van der Waals surface area (Å²) in [6.07, 6.45) is 1.55. The molecule has 2 aromatic rings. The van der Waals surface area contributed by atoms with Crippen molar-refractivity contribution in [1.29, 1.82) is 0 Å². The van der Waals surface area contributed by atoms with Gasteiger partial charge in [-0.1, -0.05) is 29.8 Å². The number of hydrogen-bond donors (Lipinski definition) is 2. The largest absolute Gasteiger partial charge is 0.356 e. The minimum Gasteiger partial charge on any atom is -0.356 e. The van der Waals surface area contributed by atoms with Gasteiger partial charge < -0.3 is 15.5 Å². The molecule has 5 heteroatoms. The molecule has 1 aliphatic rings. The summed E-state index contributed by atoms with van der Waals surface area (Å²) in [5, 5.41) is 7.16. The summed E-state index contributed by atoms with van der Waals surface area (Å²) < 4.78 is 0. The smallest absolute Gasteiger partial charge is 0.227 e. The molecule has 0 spiro atoms. The summed E-state index contributed by atoms with van der Waals surface area (Å²) >= 11 is 5.49. The second kappa shape index (κ2) is 7.87. The van der Waals surface area contributed by atoms with E-state index in [9.17, 15) is 4.79 Å². The zero-order valence-electron chi connectivity index (χ0n) is 15.5. The molecule has 0 saturated carbocycles. The highest BCUT2D eigenvalue weighted by atomic mass is 32.1. The van der Waals surface area contributed by atoms with Crippen molar-refractivity contribution in [2.45, 2.75) is 39.7 Å². The SMILES string of the molecule is Cc1ccc(C)c([C@@H](C)NC(=S)Nc2cccc(N3CCCC3=O)c2)c1. The van der Waals surface area contributed by atoms with Gasteiger partial charge in [-0.05, 0) is 68.7 Å². The Morgan fingerprint density at radius 1 is 1.19 bits per heavy atom. The molecule has 1 fully saturated rings. The van der Waals surface area contributed by atoms with Crippen LogP contribution >= 0.6 is 12.2 Å². The molecule has 1 heterocycles. The van der Waals surface area contributed by atoms with E-state index < -0.39 is 0 Å². The van der Waals surface area contributed by atoms with Crippen LogP contribution in [0, 0.1) is 13.8 Å². The highest BCUT2D eigenvalue weighted by Crippen LogP contribution is 2.24. The standard InChI is InChI=1S/C21H25N3OS/c1-14-9-10-15(2)19(12-14)16(3)22-21(26)23-17-6-4-7-18(13-17)24-11-5-8-20(24)25/h4,6-7,9-10,12-13,16H,5,8,11H2,1-3H3,(H2,22,23,26)/t16-/m1/s1. The Bertz CT molecular complexity index is 834.